The van der Waals surface area contributed by atoms with Gasteiger partial charge in [-0.05, 0) is 19.3 Å². The van der Waals surface area contributed by atoms with Gasteiger partial charge in [0.15, 0.2) is 0 Å². The number of amides is 2. The fourth-order valence-corrected chi connectivity index (χ4v) is 3.90. The van der Waals surface area contributed by atoms with E-state index < -0.39 is 5.56 Å². The molecule has 10 nitrogen and oxygen atoms in total. The summed E-state index contributed by atoms with van der Waals surface area (Å²) in [6.07, 6.45) is 5.69. The number of carbonyl (C=O) groups is 2. The molecule has 1 aliphatic heterocycles. The highest BCUT2D eigenvalue weighted by Gasteiger charge is 2.42. The minimum Gasteiger partial charge on any atom is -0.374 e. The molecule has 10 heteroatoms. The minimum absolute atomic E-state index is 0.000701. The maximum atomic E-state index is 12.9. The van der Waals surface area contributed by atoms with Crippen LogP contribution in [0.25, 0.3) is 0 Å². The van der Waals surface area contributed by atoms with E-state index in [1.54, 1.807) is 11.0 Å². The molecule has 1 saturated carbocycles. The summed E-state index contributed by atoms with van der Waals surface area (Å²) in [6.45, 7) is 1.08. The Labute approximate surface area is 160 Å². The topological polar surface area (TPSA) is 130 Å². The van der Waals surface area contributed by atoms with Gasteiger partial charge in [0, 0.05) is 24.7 Å². The molecule has 0 aromatic carbocycles. The average Bonchev–Trinajstić information content (AvgIpc) is 3.24. The van der Waals surface area contributed by atoms with Crippen LogP contribution in [0.2, 0.25) is 0 Å². The molecule has 3 atom stereocenters. The quantitative estimate of drug-likeness (QED) is 0.760. The van der Waals surface area contributed by atoms with Crippen LogP contribution in [0.5, 0.6) is 0 Å². The lowest BCUT2D eigenvalue weighted by molar-refractivity contribution is -0.131. The van der Waals surface area contributed by atoms with Crippen molar-refractivity contribution in [1.29, 1.82) is 0 Å². The van der Waals surface area contributed by atoms with Crippen molar-refractivity contribution in [1.82, 2.24) is 25.3 Å². The van der Waals surface area contributed by atoms with Gasteiger partial charge < -0.3 is 24.5 Å². The van der Waals surface area contributed by atoms with E-state index in [0.29, 0.717) is 44.7 Å². The Hall–Kier alpha value is -3.01. The zero-order valence-corrected chi connectivity index (χ0v) is 15.2. The van der Waals surface area contributed by atoms with Crippen LogP contribution >= 0.6 is 0 Å². The molecule has 2 aromatic rings. The third kappa shape index (κ3) is 3.68. The average molecular weight is 387 g/mol. The number of nitrogens with one attached hydrogen (secondary N) is 2. The van der Waals surface area contributed by atoms with Crippen LogP contribution < -0.4 is 10.9 Å². The highest BCUT2D eigenvalue weighted by molar-refractivity contribution is 5.94. The normalized spacial score (nSPS) is 24.4. The summed E-state index contributed by atoms with van der Waals surface area (Å²) in [4.78, 5) is 45.4. The van der Waals surface area contributed by atoms with Crippen LogP contribution in [0, 0.1) is 5.92 Å². The Balaban J connectivity index is 1.45. The van der Waals surface area contributed by atoms with Crippen molar-refractivity contribution in [2.75, 3.05) is 13.2 Å². The van der Waals surface area contributed by atoms with E-state index in [1.807, 2.05) is 0 Å². The zero-order valence-electron chi connectivity index (χ0n) is 15.2. The van der Waals surface area contributed by atoms with Crippen molar-refractivity contribution in [3.63, 3.8) is 0 Å². The maximum Gasteiger partial charge on any atom is 0.263 e. The van der Waals surface area contributed by atoms with Crippen LogP contribution in [-0.4, -0.2) is 57.1 Å². The van der Waals surface area contributed by atoms with E-state index in [1.165, 1.54) is 18.8 Å². The molecule has 3 heterocycles. The first-order chi connectivity index (χ1) is 13.6. The molecule has 2 aromatic heterocycles. The Morgan fingerprint density at radius 3 is 3.04 bits per heavy atom. The van der Waals surface area contributed by atoms with Crippen molar-refractivity contribution in [3.05, 3.63) is 46.5 Å². The van der Waals surface area contributed by atoms with E-state index in [4.69, 9.17) is 9.26 Å². The minimum atomic E-state index is -0.472. The maximum absolute atomic E-state index is 12.9. The second-order valence-electron chi connectivity index (χ2n) is 6.99. The van der Waals surface area contributed by atoms with Gasteiger partial charge in [-0.1, -0.05) is 5.16 Å². The molecular formula is C18H21N5O5. The highest BCUT2D eigenvalue weighted by atomic mass is 16.5. The lowest BCUT2D eigenvalue weighted by Crippen LogP contribution is -2.57. The molecule has 2 amide bonds. The SMILES string of the molecule is O=C(NCc1ccon1)[C@H]1CC[C@H]2OCCN(C(=O)c3cnc[nH]c3=O)[C@@H]2C1. The number of ether oxygens (including phenoxy) is 1. The molecule has 148 valence electrons. The van der Waals surface area contributed by atoms with E-state index in [2.05, 4.69) is 20.4 Å². The molecule has 4 rings (SSSR count). The van der Waals surface area contributed by atoms with Crippen molar-refractivity contribution < 1.29 is 18.8 Å². The van der Waals surface area contributed by atoms with Gasteiger partial charge >= 0.3 is 0 Å². The fourth-order valence-electron chi connectivity index (χ4n) is 3.90. The van der Waals surface area contributed by atoms with Gasteiger partial charge in [-0.2, -0.15) is 0 Å². The molecule has 0 bridgehead atoms. The largest absolute Gasteiger partial charge is 0.374 e. The number of fused-ring (bicyclic) bond motifs is 1. The predicted molar refractivity (Wildman–Crippen MR) is 95.1 cm³/mol. The summed E-state index contributed by atoms with van der Waals surface area (Å²) < 4.78 is 10.6. The number of H-pyrrole nitrogens is 1. The van der Waals surface area contributed by atoms with Gasteiger partial charge in [0.25, 0.3) is 11.5 Å². The summed E-state index contributed by atoms with van der Waals surface area (Å²) in [6, 6.07) is 1.44. The second-order valence-corrected chi connectivity index (χ2v) is 6.99. The monoisotopic (exact) mass is 387 g/mol. The molecule has 0 radical (unpaired) electrons. The smallest absolute Gasteiger partial charge is 0.263 e. The summed E-state index contributed by atoms with van der Waals surface area (Å²) >= 11 is 0. The Morgan fingerprint density at radius 1 is 1.36 bits per heavy atom. The molecule has 28 heavy (non-hydrogen) atoms. The van der Waals surface area contributed by atoms with Gasteiger partial charge in [0.05, 0.1) is 31.6 Å². The molecule has 2 aliphatic rings. The predicted octanol–water partition coefficient (Wildman–Crippen LogP) is 0.0840. The van der Waals surface area contributed by atoms with Crippen molar-refractivity contribution in [2.24, 2.45) is 5.92 Å². The number of rotatable bonds is 4. The number of hydrogen-bond donors (Lipinski definition) is 2. The summed E-state index contributed by atoms with van der Waals surface area (Å²) in [5, 5.41) is 6.64. The number of aromatic amines is 1. The third-order valence-electron chi connectivity index (χ3n) is 5.33. The summed E-state index contributed by atoms with van der Waals surface area (Å²) in [5.74, 6) is -0.702. The lowest BCUT2D eigenvalue weighted by atomic mass is 9.81. The number of nitrogens with zero attached hydrogens (tertiary/aromatic N) is 3. The summed E-state index contributed by atoms with van der Waals surface area (Å²) in [7, 11) is 0. The molecule has 1 aliphatic carbocycles. The molecule has 2 N–H and O–H groups in total. The fraction of sp³-hybridized carbons (Fsp3) is 0.500. The zero-order chi connectivity index (χ0) is 19.5. The Bertz CT molecular complexity index is 896. The molecule has 0 spiro atoms. The number of carbonyl (C=O) groups excluding carboxylic acids is 2. The van der Waals surface area contributed by atoms with E-state index >= 15 is 0 Å². The van der Waals surface area contributed by atoms with Crippen LogP contribution in [0.3, 0.4) is 0 Å². The third-order valence-corrected chi connectivity index (χ3v) is 5.33. The molecule has 1 saturated heterocycles. The molecule has 2 fully saturated rings. The first-order valence-electron chi connectivity index (χ1n) is 9.25. The van der Waals surface area contributed by atoms with Gasteiger partial charge in [0.2, 0.25) is 5.91 Å². The van der Waals surface area contributed by atoms with E-state index in [9.17, 15) is 14.4 Å². The number of hydrogen-bond acceptors (Lipinski definition) is 7. The first-order valence-corrected chi connectivity index (χ1v) is 9.25. The Morgan fingerprint density at radius 2 is 2.25 bits per heavy atom. The van der Waals surface area contributed by atoms with Crippen LogP contribution in [0.15, 0.2) is 34.2 Å². The van der Waals surface area contributed by atoms with Crippen molar-refractivity contribution in [2.45, 2.75) is 38.0 Å². The summed E-state index contributed by atoms with van der Waals surface area (Å²) in [5.41, 5.74) is 0.178. The first kappa shape index (κ1) is 18.4. The Kier molecular flexibility index (Phi) is 5.20. The van der Waals surface area contributed by atoms with E-state index in [0.717, 1.165) is 0 Å². The van der Waals surface area contributed by atoms with Gasteiger partial charge in [-0.25, -0.2) is 4.98 Å². The van der Waals surface area contributed by atoms with Gasteiger partial charge in [-0.15, -0.1) is 0 Å². The lowest BCUT2D eigenvalue weighted by Gasteiger charge is -2.45. The number of aromatic nitrogens is 3. The van der Waals surface area contributed by atoms with Crippen LogP contribution in [0.1, 0.15) is 35.3 Å². The van der Waals surface area contributed by atoms with Crippen LogP contribution in [-0.2, 0) is 16.1 Å². The van der Waals surface area contributed by atoms with Crippen molar-refractivity contribution in [3.8, 4) is 0 Å². The second kappa shape index (κ2) is 7.93. The standard InChI is InChI=1S/C18H21N5O5/c24-16(20-8-12-3-5-28-22-12)11-1-2-15-14(7-11)23(4-6-27-15)18(26)13-9-19-10-21-17(13)25/h3,5,9-11,14-15H,1-2,4,6-8H2,(H,20,24)(H,19,21,25)/t11-,14+,15+/m0/s1. The highest BCUT2D eigenvalue weighted by Crippen LogP contribution is 2.33. The van der Waals surface area contributed by atoms with E-state index in [-0.39, 0.29) is 35.4 Å². The molecule has 0 unspecified atom stereocenters. The van der Waals surface area contributed by atoms with Gasteiger partial charge in [0.1, 0.15) is 17.5 Å². The van der Waals surface area contributed by atoms with Gasteiger partial charge in [-0.3, -0.25) is 14.4 Å². The van der Waals surface area contributed by atoms with Crippen LogP contribution in [0.4, 0.5) is 0 Å². The van der Waals surface area contributed by atoms with Crippen molar-refractivity contribution >= 4 is 11.8 Å². The number of morpholine rings is 1. The molecular weight excluding hydrogens is 366 g/mol.